The van der Waals surface area contributed by atoms with Gasteiger partial charge in [0.15, 0.2) is 0 Å². The van der Waals surface area contributed by atoms with Gasteiger partial charge in [0.25, 0.3) is 0 Å². The molecule has 1 saturated carbocycles. The van der Waals surface area contributed by atoms with Gasteiger partial charge in [0.2, 0.25) is 11.3 Å². The van der Waals surface area contributed by atoms with Crippen LogP contribution in [0.3, 0.4) is 0 Å². The molecule has 6 rings (SSSR count). The van der Waals surface area contributed by atoms with Crippen molar-refractivity contribution < 1.29 is 43.6 Å². The van der Waals surface area contributed by atoms with Gasteiger partial charge in [-0.1, -0.05) is 18.5 Å². The molecule has 1 unspecified atom stereocenters. The molecule has 4 N–H and O–H groups in total. The lowest BCUT2D eigenvalue weighted by Crippen LogP contribution is -2.63. The summed E-state index contributed by atoms with van der Waals surface area (Å²) in [5.74, 6) is -4.56. The van der Waals surface area contributed by atoms with Crippen LogP contribution >= 0.6 is 23.4 Å². The highest BCUT2D eigenvalue weighted by molar-refractivity contribution is 8.03. The number of hydrogen-bond donors (Lipinski definition) is 4. The van der Waals surface area contributed by atoms with E-state index in [0.29, 0.717) is 17.9 Å². The van der Waals surface area contributed by atoms with E-state index in [-0.39, 0.29) is 58.2 Å². The number of halogens is 2. The second-order valence-electron chi connectivity index (χ2n) is 12.1. The smallest absolute Gasteiger partial charge is 0.407 e. The van der Waals surface area contributed by atoms with Crippen molar-refractivity contribution in [3.05, 3.63) is 49.5 Å². The Morgan fingerprint density at radius 1 is 1.20 bits per heavy atom. The minimum absolute atomic E-state index is 0.00130. The maximum absolute atomic E-state index is 15.4. The number of β-lactam (4-membered cyclic amide) rings is 1. The summed E-state index contributed by atoms with van der Waals surface area (Å²) in [7, 11) is 0. The number of carbonyl (C=O) groups is 4. The number of aromatic carboxylic acids is 1. The number of carboxylic acid groups (broad SMARTS) is 2. The second kappa shape index (κ2) is 12.1. The summed E-state index contributed by atoms with van der Waals surface area (Å²) in [6.07, 6.45) is 1.65. The fourth-order valence-corrected chi connectivity index (χ4v) is 8.33. The maximum Gasteiger partial charge on any atom is 0.407 e. The van der Waals surface area contributed by atoms with E-state index >= 15 is 4.39 Å². The van der Waals surface area contributed by atoms with Gasteiger partial charge in [0.05, 0.1) is 45.7 Å². The van der Waals surface area contributed by atoms with Gasteiger partial charge in [-0.25, -0.2) is 18.8 Å². The summed E-state index contributed by atoms with van der Waals surface area (Å²) in [6, 6.07) is 0.142. The van der Waals surface area contributed by atoms with Crippen molar-refractivity contribution >= 4 is 63.9 Å². The standard InChI is InChI=1S/C30H32ClFN4O9S/c1-12-21-19(13(2)37)27(39)36(21)24(29(42)43)26(12)46-8-7-45-30(44)33-14-5-6-34(10-14)23-18(32)9-16-22(20(23)31)35(15-3-4-15)11-17(25(16)38)28(40)41/h9,11-15,19,21,37H,3-8,10H2,1-2H3,(H,33,44)(H,40,41)(H,42,43)/t12-,13+,14?,19-,21-/m0/s1. The summed E-state index contributed by atoms with van der Waals surface area (Å²) in [4.78, 5) is 64.9. The molecule has 0 radical (unpaired) electrons. The molecule has 1 aromatic heterocycles. The van der Waals surface area contributed by atoms with Gasteiger partial charge in [-0.15, -0.1) is 11.8 Å². The number of carboxylic acids is 2. The van der Waals surface area contributed by atoms with E-state index in [1.807, 2.05) is 0 Å². The summed E-state index contributed by atoms with van der Waals surface area (Å²) in [5, 5.41) is 31.9. The third-order valence-electron chi connectivity index (χ3n) is 9.07. The molecule has 1 aliphatic carbocycles. The topological polar surface area (TPSA) is 179 Å². The zero-order valence-corrected chi connectivity index (χ0v) is 26.4. The largest absolute Gasteiger partial charge is 0.477 e. The summed E-state index contributed by atoms with van der Waals surface area (Å²) in [5.41, 5.74) is -1.03. The first-order valence-corrected chi connectivity index (χ1v) is 16.3. The Morgan fingerprint density at radius 3 is 2.54 bits per heavy atom. The lowest BCUT2D eigenvalue weighted by atomic mass is 9.79. The quantitative estimate of drug-likeness (QED) is 0.214. The number of ether oxygens (including phenoxy) is 1. The van der Waals surface area contributed by atoms with Crippen molar-refractivity contribution in [3.8, 4) is 0 Å². The average Bonchev–Trinajstić information content (AvgIpc) is 3.67. The summed E-state index contributed by atoms with van der Waals surface area (Å²) < 4.78 is 22.4. The molecule has 2 aromatic rings. The summed E-state index contributed by atoms with van der Waals surface area (Å²) in [6.45, 7) is 3.82. The van der Waals surface area contributed by atoms with Crippen LogP contribution in [0.1, 0.15) is 49.5 Å². The van der Waals surface area contributed by atoms with Gasteiger partial charge >= 0.3 is 18.0 Å². The first kappa shape index (κ1) is 32.1. The van der Waals surface area contributed by atoms with Crippen molar-refractivity contribution in [3.63, 3.8) is 0 Å². The molecule has 246 valence electrons. The first-order chi connectivity index (χ1) is 21.8. The van der Waals surface area contributed by atoms with E-state index in [0.717, 1.165) is 18.9 Å². The number of hydrogen-bond acceptors (Lipinski definition) is 9. The van der Waals surface area contributed by atoms with Gasteiger partial charge in [-0.3, -0.25) is 9.59 Å². The predicted octanol–water partition coefficient (Wildman–Crippen LogP) is 3.02. The number of fused-ring (bicyclic) bond motifs is 2. The average molecular weight is 679 g/mol. The van der Waals surface area contributed by atoms with Crippen molar-refractivity contribution in [2.45, 2.75) is 57.3 Å². The Hall–Kier alpha value is -3.82. The van der Waals surface area contributed by atoms with E-state index in [9.17, 15) is 39.3 Å². The highest BCUT2D eigenvalue weighted by atomic mass is 35.5. The normalized spacial score (nSPS) is 24.7. The van der Waals surface area contributed by atoms with Crippen LogP contribution in [0, 0.1) is 17.7 Å². The molecule has 3 fully saturated rings. The van der Waals surface area contributed by atoms with Gasteiger partial charge in [-0.05, 0) is 32.3 Å². The highest BCUT2D eigenvalue weighted by Crippen LogP contribution is 2.50. The minimum atomic E-state index is -1.40. The molecule has 3 aliphatic heterocycles. The second-order valence-corrected chi connectivity index (χ2v) is 13.6. The molecular formula is C30H32ClFN4O9S. The number of aliphatic hydroxyl groups excluding tert-OH is 1. The van der Waals surface area contributed by atoms with Gasteiger partial charge in [0.1, 0.15) is 23.7 Å². The van der Waals surface area contributed by atoms with E-state index < -0.39 is 64.9 Å². The fourth-order valence-electron chi connectivity index (χ4n) is 6.81. The van der Waals surface area contributed by atoms with Crippen LogP contribution in [-0.4, -0.2) is 92.4 Å². The Balaban J connectivity index is 1.08. The van der Waals surface area contributed by atoms with E-state index in [4.69, 9.17) is 16.3 Å². The number of rotatable bonds is 10. The molecule has 13 nitrogen and oxygen atoms in total. The van der Waals surface area contributed by atoms with Crippen LogP contribution in [-0.2, 0) is 14.3 Å². The molecule has 46 heavy (non-hydrogen) atoms. The number of pyridine rings is 1. The number of amides is 2. The van der Waals surface area contributed by atoms with E-state index in [2.05, 4.69) is 5.32 Å². The van der Waals surface area contributed by atoms with Crippen LogP contribution in [0.5, 0.6) is 0 Å². The lowest BCUT2D eigenvalue weighted by Gasteiger charge is -2.46. The SMILES string of the molecule is C[C@@H]1C(SCCOC(=O)NC2CCN(c3c(F)cc4c(=O)c(C(=O)O)cn(C5CC5)c4c3Cl)C2)=C(C(=O)O)N2C(=O)[C@@H]([C@@H](C)O)[C@H]12. The van der Waals surface area contributed by atoms with Crippen LogP contribution in [0.15, 0.2) is 27.7 Å². The van der Waals surface area contributed by atoms with Crippen molar-refractivity contribution in [2.75, 3.05) is 30.3 Å². The third-order valence-corrected chi connectivity index (χ3v) is 10.7. The zero-order chi connectivity index (χ0) is 33.2. The van der Waals surface area contributed by atoms with Gasteiger partial charge in [0, 0.05) is 41.9 Å². The number of aliphatic hydroxyl groups is 1. The molecule has 0 spiro atoms. The number of aliphatic carboxylic acids is 1. The number of nitrogens with zero attached hydrogens (tertiary/aromatic N) is 3. The number of alkyl carbamates (subject to hydrolysis) is 1. The molecule has 16 heteroatoms. The maximum atomic E-state index is 15.4. The van der Waals surface area contributed by atoms with E-state index in [1.54, 1.807) is 16.4 Å². The van der Waals surface area contributed by atoms with Crippen molar-refractivity contribution in [1.29, 1.82) is 0 Å². The number of aromatic nitrogens is 1. The third kappa shape index (κ3) is 5.37. The zero-order valence-electron chi connectivity index (χ0n) is 24.9. The predicted molar refractivity (Wildman–Crippen MR) is 166 cm³/mol. The molecule has 0 bridgehead atoms. The van der Waals surface area contributed by atoms with E-state index in [1.165, 1.54) is 29.8 Å². The molecule has 1 aromatic carbocycles. The number of anilines is 1. The van der Waals surface area contributed by atoms with Crippen molar-refractivity contribution in [2.24, 2.45) is 11.8 Å². The van der Waals surface area contributed by atoms with Crippen LogP contribution in [0.25, 0.3) is 10.9 Å². The minimum Gasteiger partial charge on any atom is -0.477 e. The fraction of sp³-hybridized carbons (Fsp3) is 0.500. The van der Waals surface area contributed by atoms with Crippen LogP contribution < -0.4 is 15.6 Å². The monoisotopic (exact) mass is 678 g/mol. The first-order valence-electron chi connectivity index (χ1n) is 14.9. The van der Waals surface area contributed by atoms with Gasteiger partial charge in [-0.2, -0.15) is 0 Å². The number of carbonyl (C=O) groups excluding carboxylic acids is 2. The Labute approximate surface area is 270 Å². The number of thioether (sulfide) groups is 1. The molecule has 4 heterocycles. The molecule has 4 aliphatic rings. The Kier molecular flexibility index (Phi) is 8.44. The Morgan fingerprint density at radius 2 is 1.91 bits per heavy atom. The molecule has 5 atom stereocenters. The Bertz CT molecular complexity index is 1760. The lowest BCUT2D eigenvalue weighted by molar-refractivity contribution is -0.163. The number of nitrogens with one attached hydrogen (secondary N) is 1. The molecule has 2 saturated heterocycles. The van der Waals surface area contributed by atoms with Crippen molar-refractivity contribution in [1.82, 2.24) is 14.8 Å². The number of benzene rings is 1. The highest BCUT2D eigenvalue weighted by Gasteiger charge is 2.60. The van der Waals surface area contributed by atoms with Crippen LogP contribution in [0.4, 0.5) is 14.9 Å². The van der Waals surface area contributed by atoms with Gasteiger partial charge < -0.3 is 39.7 Å². The van der Waals surface area contributed by atoms with Crippen LogP contribution in [0.2, 0.25) is 5.02 Å². The molecular weight excluding hydrogens is 647 g/mol. The molecule has 2 amide bonds. The summed E-state index contributed by atoms with van der Waals surface area (Å²) >= 11 is 7.90.